The average Bonchev–Trinajstić information content (AvgIpc) is 2.48. The van der Waals surface area contributed by atoms with Gasteiger partial charge >= 0.3 is 6.09 Å². The van der Waals surface area contributed by atoms with Crippen molar-refractivity contribution < 1.29 is 14.3 Å². The molecule has 2 rings (SSSR count). The van der Waals surface area contributed by atoms with Gasteiger partial charge in [-0.05, 0) is 57.2 Å². The first kappa shape index (κ1) is 16.6. The monoisotopic (exact) mass is 315 g/mol. The first-order chi connectivity index (χ1) is 10.9. The third-order valence-corrected chi connectivity index (χ3v) is 2.77. The van der Waals surface area contributed by atoms with Gasteiger partial charge in [0.2, 0.25) is 0 Å². The Balaban J connectivity index is 1.94. The van der Waals surface area contributed by atoms with Crippen LogP contribution in [0.15, 0.2) is 42.6 Å². The van der Waals surface area contributed by atoms with Gasteiger partial charge in [0, 0.05) is 5.69 Å². The van der Waals surface area contributed by atoms with Crippen molar-refractivity contribution in [3.05, 3.63) is 42.6 Å². The van der Waals surface area contributed by atoms with Crippen LogP contribution in [-0.2, 0) is 4.74 Å². The van der Waals surface area contributed by atoms with Crippen molar-refractivity contribution in [3.8, 4) is 5.75 Å². The summed E-state index contributed by atoms with van der Waals surface area (Å²) in [6.45, 7) is 5.44. The molecule has 0 saturated heterocycles. The molecule has 0 fully saturated rings. The van der Waals surface area contributed by atoms with E-state index in [2.05, 4.69) is 15.6 Å². The summed E-state index contributed by atoms with van der Waals surface area (Å²) in [5.74, 6) is 1.46. The number of hydrogen-bond acceptors (Lipinski definition) is 5. The number of rotatable bonds is 4. The number of nitrogens with one attached hydrogen (secondary N) is 2. The molecule has 0 atom stereocenters. The lowest BCUT2D eigenvalue weighted by Crippen LogP contribution is -2.27. The van der Waals surface area contributed by atoms with Gasteiger partial charge in [0.25, 0.3) is 0 Å². The molecule has 0 spiro atoms. The van der Waals surface area contributed by atoms with E-state index in [4.69, 9.17) is 9.47 Å². The summed E-state index contributed by atoms with van der Waals surface area (Å²) in [5, 5.41) is 5.80. The van der Waals surface area contributed by atoms with Crippen molar-refractivity contribution in [3.63, 3.8) is 0 Å². The zero-order chi connectivity index (χ0) is 16.9. The third-order valence-electron chi connectivity index (χ3n) is 2.77. The molecule has 0 aliphatic carbocycles. The summed E-state index contributed by atoms with van der Waals surface area (Å²) in [4.78, 5) is 15.9. The largest absolute Gasteiger partial charge is 0.497 e. The van der Waals surface area contributed by atoms with E-state index in [1.165, 1.54) is 0 Å². The molecule has 1 amide bonds. The molecule has 0 aliphatic heterocycles. The van der Waals surface area contributed by atoms with Crippen LogP contribution in [0.25, 0.3) is 0 Å². The summed E-state index contributed by atoms with van der Waals surface area (Å²) in [7, 11) is 1.63. The van der Waals surface area contributed by atoms with Crippen molar-refractivity contribution >= 4 is 23.3 Å². The Hall–Kier alpha value is -2.76. The molecule has 1 heterocycles. The zero-order valence-corrected chi connectivity index (χ0v) is 13.7. The Morgan fingerprint density at radius 3 is 2.22 bits per heavy atom. The van der Waals surface area contributed by atoms with Gasteiger partial charge in [-0.2, -0.15) is 0 Å². The van der Waals surface area contributed by atoms with Crippen molar-refractivity contribution in [2.75, 3.05) is 17.7 Å². The quantitative estimate of drug-likeness (QED) is 0.885. The fraction of sp³-hybridized carbons (Fsp3) is 0.294. The number of ether oxygens (including phenoxy) is 2. The molecule has 6 nitrogen and oxygen atoms in total. The molecule has 0 aliphatic rings. The first-order valence-electron chi connectivity index (χ1n) is 7.23. The molecule has 0 radical (unpaired) electrons. The highest BCUT2D eigenvalue weighted by Crippen LogP contribution is 2.19. The fourth-order valence-electron chi connectivity index (χ4n) is 1.79. The highest BCUT2D eigenvalue weighted by Gasteiger charge is 2.16. The average molecular weight is 315 g/mol. The maximum atomic E-state index is 11.7. The minimum atomic E-state index is -0.534. The van der Waals surface area contributed by atoms with Crippen LogP contribution in [0.4, 0.5) is 22.0 Å². The van der Waals surface area contributed by atoms with E-state index in [-0.39, 0.29) is 0 Å². The Labute approximate surface area is 135 Å². The Morgan fingerprint density at radius 2 is 1.70 bits per heavy atom. The molecule has 6 heteroatoms. The second kappa shape index (κ2) is 7.00. The standard InChI is InChI=1S/C17H21N3O3/c1-17(2,3)23-16(21)20-13-7-10-15(18-11-13)19-12-5-8-14(22-4)9-6-12/h5-11H,1-4H3,(H,18,19)(H,20,21). The van der Waals surface area contributed by atoms with E-state index in [9.17, 15) is 4.79 Å². The maximum Gasteiger partial charge on any atom is 0.412 e. The summed E-state index contributed by atoms with van der Waals surface area (Å²) in [5.41, 5.74) is 0.929. The Kier molecular flexibility index (Phi) is 5.05. The number of anilines is 3. The third kappa shape index (κ3) is 5.50. The minimum absolute atomic E-state index is 0.504. The second-order valence-corrected chi connectivity index (χ2v) is 5.91. The molecule has 0 saturated carbocycles. The number of benzene rings is 1. The number of methoxy groups -OCH3 is 1. The highest BCUT2D eigenvalue weighted by atomic mass is 16.6. The van der Waals surface area contributed by atoms with E-state index >= 15 is 0 Å². The molecule has 23 heavy (non-hydrogen) atoms. The SMILES string of the molecule is COc1ccc(Nc2ccc(NC(=O)OC(C)(C)C)cn2)cc1. The predicted octanol–water partition coefficient (Wildman–Crippen LogP) is 4.18. The minimum Gasteiger partial charge on any atom is -0.497 e. The van der Waals surface area contributed by atoms with Crippen molar-refractivity contribution in [2.45, 2.75) is 26.4 Å². The molecular formula is C17H21N3O3. The van der Waals surface area contributed by atoms with Crippen LogP contribution in [-0.4, -0.2) is 23.8 Å². The van der Waals surface area contributed by atoms with Crippen LogP contribution in [0.3, 0.4) is 0 Å². The van der Waals surface area contributed by atoms with Crippen LogP contribution >= 0.6 is 0 Å². The first-order valence-corrected chi connectivity index (χ1v) is 7.23. The maximum absolute atomic E-state index is 11.7. The molecule has 1 aromatic heterocycles. The summed E-state index contributed by atoms with van der Waals surface area (Å²) >= 11 is 0. The van der Waals surface area contributed by atoms with Gasteiger partial charge in [0.15, 0.2) is 0 Å². The van der Waals surface area contributed by atoms with Gasteiger partial charge in [-0.15, -0.1) is 0 Å². The van der Waals surface area contributed by atoms with Crippen LogP contribution < -0.4 is 15.4 Å². The molecule has 1 aromatic carbocycles. The van der Waals surface area contributed by atoms with E-state index in [1.54, 1.807) is 25.4 Å². The number of pyridine rings is 1. The van der Waals surface area contributed by atoms with E-state index in [1.807, 2.05) is 45.0 Å². The lowest BCUT2D eigenvalue weighted by Gasteiger charge is -2.19. The predicted molar refractivity (Wildman–Crippen MR) is 90.4 cm³/mol. The number of carbonyl (C=O) groups excluding carboxylic acids is 1. The Bertz CT molecular complexity index is 646. The van der Waals surface area contributed by atoms with E-state index in [0.717, 1.165) is 11.4 Å². The van der Waals surface area contributed by atoms with Gasteiger partial charge in [0.1, 0.15) is 17.2 Å². The molecule has 2 N–H and O–H groups in total. The van der Waals surface area contributed by atoms with Crippen LogP contribution in [0, 0.1) is 0 Å². The van der Waals surface area contributed by atoms with Gasteiger partial charge < -0.3 is 14.8 Å². The molecule has 122 valence electrons. The molecule has 0 unspecified atom stereocenters. The summed E-state index contributed by atoms with van der Waals surface area (Å²) in [6.07, 6.45) is 1.06. The van der Waals surface area contributed by atoms with Gasteiger partial charge in [-0.25, -0.2) is 9.78 Å². The number of amides is 1. The van der Waals surface area contributed by atoms with E-state index in [0.29, 0.717) is 11.5 Å². The molecule has 2 aromatic rings. The molecule has 0 bridgehead atoms. The van der Waals surface area contributed by atoms with Gasteiger partial charge in [-0.3, -0.25) is 5.32 Å². The van der Waals surface area contributed by atoms with Crippen molar-refractivity contribution in [2.24, 2.45) is 0 Å². The fourth-order valence-corrected chi connectivity index (χ4v) is 1.79. The number of hydrogen-bond donors (Lipinski definition) is 2. The van der Waals surface area contributed by atoms with E-state index < -0.39 is 11.7 Å². The van der Waals surface area contributed by atoms with Gasteiger partial charge in [0.05, 0.1) is 19.0 Å². The lowest BCUT2D eigenvalue weighted by molar-refractivity contribution is 0.0636. The zero-order valence-electron chi connectivity index (χ0n) is 13.7. The second-order valence-electron chi connectivity index (χ2n) is 5.91. The number of aromatic nitrogens is 1. The van der Waals surface area contributed by atoms with Crippen LogP contribution in [0.5, 0.6) is 5.75 Å². The van der Waals surface area contributed by atoms with Crippen LogP contribution in [0.2, 0.25) is 0 Å². The summed E-state index contributed by atoms with van der Waals surface area (Å²) in [6, 6.07) is 11.0. The topological polar surface area (TPSA) is 72.5 Å². The lowest BCUT2D eigenvalue weighted by atomic mass is 10.2. The number of nitrogens with zero attached hydrogens (tertiary/aromatic N) is 1. The van der Waals surface area contributed by atoms with Crippen molar-refractivity contribution in [1.29, 1.82) is 0 Å². The van der Waals surface area contributed by atoms with Crippen molar-refractivity contribution in [1.82, 2.24) is 4.98 Å². The van der Waals surface area contributed by atoms with Crippen LogP contribution in [0.1, 0.15) is 20.8 Å². The smallest absolute Gasteiger partial charge is 0.412 e. The number of carbonyl (C=O) groups is 1. The normalized spacial score (nSPS) is 10.8. The summed E-state index contributed by atoms with van der Waals surface area (Å²) < 4.78 is 10.3. The Morgan fingerprint density at radius 1 is 1.04 bits per heavy atom. The highest BCUT2D eigenvalue weighted by molar-refractivity contribution is 5.84. The van der Waals surface area contributed by atoms with Gasteiger partial charge in [-0.1, -0.05) is 0 Å². The molecular weight excluding hydrogens is 294 g/mol.